The molecule has 1 saturated heterocycles. The second kappa shape index (κ2) is 7.89. The van der Waals surface area contributed by atoms with Crippen molar-refractivity contribution in [3.63, 3.8) is 0 Å². The van der Waals surface area contributed by atoms with Crippen LogP contribution in [0.3, 0.4) is 0 Å². The minimum absolute atomic E-state index is 0.545. The van der Waals surface area contributed by atoms with Crippen molar-refractivity contribution in [3.05, 3.63) is 15.6 Å². The van der Waals surface area contributed by atoms with Crippen LogP contribution in [0.2, 0.25) is 25.7 Å². The maximum atomic E-state index is 5.94. The Bertz CT molecular complexity index is 738. The molecule has 8 heteroatoms. The van der Waals surface area contributed by atoms with E-state index in [1.165, 1.54) is 9.61 Å². The molecule has 0 aromatic carbocycles. The summed E-state index contributed by atoms with van der Waals surface area (Å²) in [4.78, 5) is 11.7. The molecule has 0 amide bonds. The zero-order valence-corrected chi connectivity index (χ0v) is 18.7. The summed E-state index contributed by atoms with van der Waals surface area (Å²) in [5.74, 6) is 1.82. The number of morpholine rings is 1. The second-order valence-corrected chi connectivity index (χ2v) is 14.5. The molecule has 3 rings (SSSR count). The van der Waals surface area contributed by atoms with Gasteiger partial charge in [0.2, 0.25) is 0 Å². The first kappa shape index (κ1) is 19.1. The lowest BCUT2D eigenvalue weighted by molar-refractivity contribution is 0.0898. The van der Waals surface area contributed by atoms with Crippen LogP contribution >= 0.6 is 22.6 Å². The summed E-state index contributed by atoms with van der Waals surface area (Å²) in [7, 11) is -1.06. The molecule has 2 aromatic rings. The Morgan fingerprint density at radius 3 is 2.64 bits per heavy atom. The first-order valence-electron chi connectivity index (χ1n) is 8.78. The summed E-state index contributed by atoms with van der Waals surface area (Å²) in [6, 6.07) is 1.18. The quantitative estimate of drug-likeness (QED) is 0.365. The lowest BCUT2D eigenvalue weighted by Gasteiger charge is -2.28. The Kier molecular flexibility index (Phi) is 6.02. The molecule has 0 unspecified atom stereocenters. The normalized spacial score (nSPS) is 16.0. The van der Waals surface area contributed by atoms with Crippen molar-refractivity contribution in [3.8, 4) is 0 Å². The van der Waals surface area contributed by atoms with Crippen LogP contribution < -0.4 is 4.90 Å². The summed E-state index contributed by atoms with van der Waals surface area (Å²) >= 11 is 2.38. The summed E-state index contributed by atoms with van der Waals surface area (Å²) in [6.45, 7) is 13.7. The van der Waals surface area contributed by atoms with Gasteiger partial charge in [0.05, 0.1) is 18.6 Å². The van der Waals surface area contributed by atoms with Crippen molar-refractivity contribution >= 4 is 47.5 Å². The average Bonchev–Trinajstić information content (AvgIpc) is 2.87. The molecule has 3 heterocycles. The van der Waals surface area contributed by atoms with Gasteiger partial charge in [-0.15, -0.1) is 0 Å². The van der Waals surface area contributed by atoms with Gasteiger partial charge in [-0.05, 0) is 35.6 Å². The number of rotatable bonds is 6. The summed E-state index contributed by atoms with van der Waals surface area (Å²) < 4.78 is 14.7. The molecular formula is C17H27IN4O2Si. The third-order valence-electron chi connectivity index (χ3n) is 4.30. The van der Waals surface area contributed by atoms with Gasteiger partial charge in [-0.2, -0.15) is 0 Å². The van der Waals surface area contributed by atoms with E-state index in [0.717, 1.165) is 55.6 Å². The number of halogens is 1. The first-order valence-corrected chi connectivity index (χ1v) is 13.6. The molecule has 0 aliphatic carbocycles. The molecular weight excluding hydrogens is 447 g/mol. The molecule has 2 aromatic heterocycles. The van der Waals surface area contributed by atoms with Gasteiger partial charge in [-0.1, -0.05) is 19.6 Å². The number of nitrogens with zero attached hydrogens (tertiary/aromatic N) is 4. The first-order chi connectivity index (χ1) is 11.8. The maximum absolute atomic E-state index is 5.94. The van der Waals surface area contributed by atoms with Crippen LogP contribution in [-0.2, 0) is 16.2 Å². The topological polar surface area (TPSA) is 52.4 Å². The Hall–Kier alpha value is -0.713. The fraction of sp³-hybridized carbons (Fsp3) is 0.647. The largest absolute Gasteiger partial charge is 0.378 e. The van der Waals surface area contributed by atoms with Gasteiger partial charge in [0.25, 0.3) is 0 Å². The molecule has 1 aliphatic rings. The number of fused-ring (bicyclic) bond motifs is 1. The van der Waals surface area contributed by atoms with Crippen molar-refractivity contribution < 1.29 is 9.47 Å². The van der Waals surface area contributed by atoms with E-state index in [-0.39, 0.29) is 0 Å². The summed E-state index contributed by atoms with van der Waals surface area (Å²) in [5, 5.41) is 1.13. The van der Waals surface area contributed by atoms with Crippen molar-refractivity contribution in [1.29, 1.82) is 0 Å². The van der Waals surface area contributed by atoms with Crippen LogP contribution in [0.15, 0.2) is 6.20 Å². The standard InChI is InChI=1S/C17H27IN4O2Si/c1-13-19-16(21-5-7-23-8-6-21)15-14(18)11-22(17(15)20-13)12-24-9-10-25(2,3)4/h11H,5-10,12H2,1-4H3. The highest BCUT2D eigenvalue weighted by Gasteiger charge is 2.21. The molecule has 0 atom stereocenters. The Labute approximate surface area is 164 Å². The monoisotopic (exact) mass is 474 g/mol. The Morgan fingerprint density at radius 1 is 1.24 bits per heavy atom. The molecule has 1 aliphatic heterocycles. The fourth-order valence-corrected chi connectivity index (χ4v) is 4.45. The molecule has 0 bridgehead atoms. The SMILES string of the molecule is Cc1nc(N2CCOCC2)c2c(I)cn(COCC[Si](C)(C)C)c2n1. The van der Waals surface area contributed by atoms with Gasteiger partial charge >= 0.3 is 0 Å². The Balaban J connectivity index is 1.84. The minimum atomic E-state index is -1.06. The van der Waals surface area contributed by atoms with E-state index in [2.05, 4.69) is 57.9 Å². The Morgan fingerprint density at radius 2 is 1.96 bits per heavy atom. The second-order valence-electron chi connectivity index (χ2n) is 7.69. The van der Waals surface area contributed by atoms with Gasteiger partial charge < -0.3 is 18.9 Å². The zero-order valence-electron chi connectivity index (χ0n) is 15.5. The molecule has 25 heavy (non-hydrogen) atoms. The van der Waals surface area contributed by atoms with Crippen molar-refractivity contribution in [2.75, 3.05) is 37.8 Å². The molecule has 1 fully saturated rings. The van der Waals surface area contributed by atoms with Crippen LogP contribution in [0, 0.1) is 10.5 Å². The number of ether oxygens (including phenoxy) is 2. The maximum Gasteiger partial charge on any atom is 0.148 e. The lowest BCUT2D eigenvalue weighted by Crippen LogP contribution is -2.37. The number of hydrogen-bond acceptors (Lipinski definition) is 5. The van der Waals surface area contributed by atoms with Crippen LogP contribution in [0.5, 0.6) is 0 Å². The van der Waals surface area contributed by atoms with Crippen LogP contribution in [-0.4, -0.2) is 55.5 Å². The molecule has 0 N–H and O–H groups in total. The minimum Gasteiger partial charge on any atom is -0.378 e. The lowest BCUT2D eigenvalue weighted by atomic mass is 10.3. The number of aryl methyl sites for hydroxylation is 1. The highest BCUT2D eigenvalue weighted by Crippen LogP contribution is 2.30. The van der Waals surface area contributed by atoms with Gasteiger partial charge in [-0.25, -0.2) is 9.97 Å². The van der Waals surface area contributed by atoms with Crippen LogP contribution in [0.25, 0.3) is 11.0 Å². The fourth-order valence-electron chi connectivity index (χ4n) is 2.87. The van der Waals surface area contributed by atoms with E-state index in [0.29, 0.717) is 6.73 Å². The highest BCUT2D eigenvalue weighted by molar-refractivity contribution is 14.1. The molecule has 0 radical (unpaired) electrons. The summed E-state index contributed by atoms with van der Waals surface area (Å²) in [6.07, 6.45) is 2.12. The molecule has 0 saturated carbocycles. The zero-order chi connectivity index (χ0) is 18.0. The van der Waals surface area contributed by atoms with E-state index >= 15 is 0 Å². The van der Waals surface area contributed by atoms with Crippen LogP contribution in [0.4, 0.5) is 5.82 Å². The molecule has 0 spiro atoms. The van der Waals surface area contributed by atoms with Gasteiger partial charge in [0.1, 0.15) is 24.0 Å². The van der Waals surface area contributed by atoms with E-state index in [9.17, 15) is 0 Å². The predicted octanol–water partition coefficient (Wildman–Crippen LogP) is 3.49. The van der Waals surface area contributed by atoms with Crippen molar-refractivity contribution in [2.24, 2.45) is 0 Å². The average molecular weight is 474 g/mol. The summed E-state index contributed by atoms with van der Waals surface area (Å²) in [5.41, 5.74) is 0.964. The van der Waals surface area contributed by atoms with Gasteiger partial charge in [-0.3, -0.25) is 0 Å². The van der Waals surface area contributed by atoms with Crippen molar-refractivity contribution in [2.45, 2.75) is 39.3 Å². The molecule has 138 valence electrons. The third-order valence-corrected chi connectivity index (χ3v) is 6.82. The molecule has 6 nitrogen and oxygen atoms in total. The highest BCUT2D eigenvalue weighted by atomic mass is 127. The van der Waals surface area contributed by atoms with Gasteiger partial charge in [0.15, 0.2) is 0 Å². The van der Waals surface area contributed by atoms with Crippen molar-refractivity contribution in [1.82, 2.24) is 14.5 Å². The van der Waals surface area contributed by atoms with Crippen LogP contribution in [0.1, 0.15) is 5.82 Å². The number of hydrogen-bond donors (Lipinski definition) is 0. The van der Waals surface area contributed by atoms with Gasteiger partial charge in [0, 0.05) is 37.5 Å². The van der Waals surface area contributed by atoms with E-state index < -0.39 is 8.07 Å². The third kappa shape index (κ3) is 4.72. The van der Waals surface area contributed by atoms with E-state index in [1.54, 1.807) is 0 Å². The van der Waals surface area contributed by atoms with E-state index in [1.807, 2.05) is 6.92 Å². The number of aromatic nitrogens is 3. The predicted molar refractivity (Wildman–Crippen MR) is 112 cm³/mol. The smallest absolute Gasteiger partial charge is 0.148 e. The van der Waals surface area contributed by atoms with E-state index in [4.69, 9.17) is 19.4 Å². The number of anilines is 1.